The van der Waals surface area contributed by atoms with E-state index in [4.69, 9.17) is 10.2 Å². The third-order valence-corrected chi connectivity index (χ3v) is 11.6. The van der Waals surface area contributed by atoms with Crippen LogP contribution in [0.1, 0.15) is 105 Å². The van der Waals surface area contributed by atoms with Gasteiger partial charge in [0, 0.05) is 6.54 Å². The van der Waals surface area contributed by atoms with Crippen LogP contribution in [0.4, 0.5) is 4.79 Å². The number of urea groups is 1. The number of ketones is 1. The predicted octanol–water partition coefficient (Wildman–Crippen LogP) is 3.55. The van der Waals surface area contributed by atoms with Crippen LogP contribution in [-0.4, -0.2) is 75.0 Å². The molecule has 2 aliphatic carbocycles. The Kier molecular flexibility index (Phi) is 12.0. The van der Waals surface area contributed by atoms with Crippen LogP contribution < -0.4 is 21.7 Å². The van der Waals surface area contributed by atoms with Crippen molar-refractivity contribution in [2.24, 2.45) is 28.4 Å². The lowest BCUT2D eigenvalue weighted by Crippen LogP contribution is -2.63. The van der Waals surface area contributed by atoms with E-state index in [9.17, 15) is 28.5 Å². The average Bonchev–Trinajstić information content (AvgIpc) is 3.44. The third-order valence-electron chi connectivity index (χ3n) is 10.1. The Morgan fingerprint density at radius 3 is 2.25 bits per heavy atom. The van der Waals surface area contributed by atoms with Crippen molar-refractivity contribution >= 4 is 40.7 Å². The normalized spacial score (nSPS) is 23.1. The van der Waals surface area contributed by atoms with Crippen LogP contribution in [0.15, 0.2) is 22.8 Å². The number of primary amides is 1. The predicted molar refractivity (Wildman–Crippen MR) is 183 cm³/mol. The lowest BCUT2D eigenvalue weighted by Gasteiger charge is -2.40. The van der Waals surface area contributed by atoms with Gasteiger partial charge in [-0.1, -0.05) is 73.6 Å². The quantitative estimate of drug-likeness (QED) is 0.180. The standard InChI is InChI=1S/C35H55N5O7S/c1-33(2,3)24-14-17-40(26(24)30(43)37-25(19-22-12-13-22)27(41)29(36)42)31(44)28(34(4,5)6)38-32(45)39-35(15-8-7-9-16-35)21-48(46)20-23-11-10-18-47-23/h10-11,18,22,24-26,28H,7-9,12-17,19-21H2,1-6H3,(H2,36,42)(H,37,43)(H2,38,39,45)/t24?,25?,26?,28-,48?/m1/s1. The second-order valence-corrected chi connectivity index (χ2v) is 17.7. The number of likely N-dealkylation sites (tertiary alicyclic amines) is 1. The number of rotatable bonds is 13. The van der Waals surface area contributed by atoms with E-state index >= 15 is 0 Å². The van der Waals surface area contributed by atoms with Crippen LogP contribution >= 0.6 is 0 Å². The van der Waals surface area contributed by atoms with Crippen LogP contribution in [0.2, 0.25) is 0 Å². The van der Waals surface area contributed by atoms with Crippen molar-refractivity contribution in [3.05, 3.63) is 24.2 Å². The molecule has 4 rings (SSSR count). The van der Waals surface area contributed by atoms with Crippen LogP contribution in [-0.2, 0) is 36.1 Å². The number of amides is 5. The maximum Gasteiger partial charge on any atom is 0.316 e. The van der Waals surface area contributed by atoms with Crippen molar-refractivity contribution < 1.29 is 32.9 Å². The molecule has 0 bridgehead atoms. The summed E-state index contributed by atoms with van der Waals surface area (Å²) >= 11 is -1.29. The first kappa shape index (κ1) is 37.8. The molecular formula is C35H55N5O7S. The first-order chi connectivity index (χ1) is 22.4. The Balaban J connectivity index is 1.53. The lowest BCUT2D eigenvalue weighted by atomic mass is 9.75. The van der Waals surface area contributed by atoms with E-state index in [2.05, 4.69) is 16.0 Å². The van der Waals surface area contributed by atoms with Gasteiger partial charge in [-0.05, 0) is 71.7 Å². The molecule has 1 aromatic heterocycles. The fraction of sp³-hybridized carbons (Fsp3) is 0.743. The molecule has 1 aromatic rings. The van der Waals surface area contributed by atoms with Crippen LogP contribution in [0.3, 0.4) is 0 Å². The molecular weight excluding hydrogens is 634 g/mol. The Morgan fingerprint density at radius 1 is 1.04 bits per heavy atom. The lowest BCUT2D eigenvalue weighted by molar-refractivity contribution is -0.145. The largest absolute Gasteiger partial charge is 0.616 e. The minimum absolute atomic E-state index is 0.237. The summed E-state index contributed by atoms with van der Waals surface area (Å²) in [4.78, 5) is 68.3. The molecule has 5 atom stereocenters. The highest BCUT2D eigenvalue weighted by Crippen LogP contribution is 2.40. The van der Waals surface area contributed by atoms with Gasteiger partial charge in [-0.3, -0.25) is 19.2 Å². The van der Waals surface area contributed by atoms with Crippen molar-refractivity contribution in [1.29, 1.82) is 0 Å². The molecule has 268 valence electrons. The number of hydrogen-bond donors (Lipinski definition) is 4. The van der Waals surface area contributed by atoms with Crippen LogP contribution in [0.25, 0.3) is 0 Å². The average molecular weight is 690 g/mol. The zero-order valence-corrected chi connectivity index (χ0v) is 30.2. The minimum atomic E-state index is -1.29. The van der Waals surface area contributed by atoms with E-state index in [-0.39, 0.29) is 28.8 Å². The van der Waals surface area contributed by atoms with E-state index in [1.54, 1.807) is 18.4 Å². The summed E-state index contributed by atoms with van der Waals surface area (Å²) in [5.74, 6) is -1.71. The first-order valence-corrected chi connectivity index (χ1v) is 18.8. The molecule has 2 saturated carbocycles. The number of carbonyl (C=O) groups is 5. The Hall–Kier alpha value is -3.06. The summed E-state index contributed by atoms with van der Waals surface area (Å²) in [5, 5.41) is 8.86. The zero-order chi connectivity index (χ0) is 35.4. The molecule has 0 radical (unpaired) electrons. The van der Waals surface area contributed by atoms with Gasteiger partial charge in [0.05, 0.1) is 17.8 Å². The molecule has 4 unspecified atom stereocenters. The Bertz CT molecular complexity index is 1310. The van der Waals surface area contributed by atoms with Crippen molar-refractivity contribution in [1.82, 2.24) is 20.9 Å². The van der Waals surface area contributed by atoms with Gasteiger partial charge in [0.15, 0.2) is 11.5 Å². The smallest absolute Gasteiger partial charge is 0.316 e. The van der Waals surface area contributed by atoms with Gasteiger partial charge in [-0.25, -0.2) is 4.79 Å². The van der Waals surface area contributed by atoms with Crippen LogP contribution in [0, 0.1) is 22.7 Å². The number of nitrogens with two attached hydrogens (primary N) is 1. The highest BCUT2D eigenvalue weighted by molar-refractivity contribution is 7.90. The molecule has 3 aliphatic rings. The number of carbonyl (C=O) groups excluding carboxylic acids is 5. The van der Waals surface area contributed by atoms with Crippen molar-refractivity contribution in [3.8, 4) is 0 Å². The highest BCUT2D eigenvalue weighted by atomic mass is 32.2. The van der Waals surface area contributed by atoms with Gasteiger partial charge in [0.1, 0.15) is 17.8 Å². The molecule has 2 heterocycles. The maximum atomic E-state index is 14.5. The molecule has 1 saturated heterocycles. The molecule has 13 heteroatoms. The van der Waals surface area contributed by atoms with Crippen molar-refractivity contribution in [2.75, 3.05) is 12.3 Å². The summed E-state index contributed by atoms with van der Waals surface area (Å²) in [5.41, 5.74) is 3.54. The van der Waals surface area contributed by atoms with Gasteiger partial charge in [0.2, 0.25) is 17.6 Å². The second-order valence-electron chi connectivity index (χ2n) is 16.3. The second kappa shape index (κ2) is 15.2. The molecule has 0 spiro atoms. The van der Waals surface area contributed by atoms with E-state index < -0.39 is 69.8 Å². The molecule has 1 aliphatic heterocycles. The van der Waals surface area contributed by atoms with Gasteiger partial charge < -0.3 is 35.6 Å². The number of Topliss-reactive ketones (excluding diaryl/α,β-unsaturated/α-hetero) is 1. The van der Waals surface area contributed by atoms with Gasteiger partial charge in [-0.15, -0.1) is 0 Å². The van der Waals surface area contributed by atoms with E-state index in [0.717, 1.165) is 32.1 Å². The van der Waals surface area contributed by atoms with E-state index in [0.29, 0.717) is 38.0 Å². The number of nitrogens with one attached hydrogen (secondary N) is 3. The Morgan fingerprint density at radius 2 is 1.71 bits per heavy atom. The topological polar surface area (TPSA) is 187 Å². The fourth-order valence-corrected chi connectivity index (χ4v) is 8.85. The van der Waals surface area contributed by atoms with Crippen LogP contribution in [0.5, 0.6) is 0 Å². The third kappa shape index (κ3) is 9.77. The van der Waals surface area contributed by atoms with E-state index in [1.807, 2.05) is 41.5 Å². The monoisotopic (exact) mass is 689 g/mol. The highest BCUT2D eigenvalue weighted by Gasteiger charge is 2.50. The maximum absolute atomic E-state index is 14.5. The molecule has 12 nitrogen and oxygen atoms in total. The van der Waals surface area contributed by atoms with Gasteiger partial charge in [-0.2, -0.15) is 0 Å². The Labute approximate surface area is 287 Å². The summed E-state index contributed by atoms with van der Waals surface area (Å²) in [6, 6.07) is 0.0594. The minimum Gasteiger partial charge on any atom is -0.616 e. The molecule has 3 fully saturated rings. The first-order valence-electron chi connectivity index (χ1n) is 17.3. The van der Waals surface area contributed by atoms with Gasteiger partial charge >= 0.3 is 6.03 Å². The SMILES string of the molecule is CC(C)(C)C1CCN(C(=O)[C@@H](NC(=O)NC2(C[S+]([O-])Cc3ccco3)CCCCC2)C(C)(C)C)C1C(=O)NC(CC1CC1)C(=O)C(N)=O. The van der Waals surface area contributed by atoms with Crippen molar-refractivity contribution in [2.45, 2.75) is 129 Å². The summed E-state index contributed by atoms with van der Waals surface area (Å²) in [6.45, 7) is 11.9. The van der Waals surface area contributed by atoms with Crippen molar-refractivity contribution in [3.63, 3.8) is 0 Å². The molecule has 5 amide bonds. The number of nitrogens with zero attached hydrogens (tertiary/aromatic N) is 1. The molecule has 0 aromatic carbocycles. The zero-order valence-electron chi connectivity index (χ0n) is 29.4. The summed E-state index contributed by atoms with van der Waals surface area (Å²) < 4.78 is 18.6. The molecule has 48 heavy (non-hydrogen) atoms. The number of furan rings is 1. The summed E-state index contributed by atoms with van der Waals surface area (Å²) in [7, 11) is 0. The fourth-order valence-electron chi connectivity index (χ4n) is 7.29. The van der Waals surface area contributed by atoms with Gasteiger partial charge in [0.25, 0.3) is 5.91 Å². The molecule has 5 N–H and O–H groups in total. The summed E-state index contributed by atoms with van der Waals surface area (Å²) in [6.07, 6.45) is 8.41. The van der Waals surface area contributed by atoms with E-state index in [1.165, 1.54) is 4.90 Å². The number of hydrogen-bond acceptors (Lipinski definition) is 7.